The summed E-state index contributed by atoms with van der Waals surface area (Å²) in [7, 11) is 0. The lowest BCUT2D eigenvalue weighted by Crippen LogP contribution is -2.34. The molecule has 1 N–H and O–H groups in total. The summed E-state index contributed by atoms with van der Waals surface area (Å²) in [6, 6.07) is 5.77. The van der Waals surface area contributed by atoms with Gasteiger partial charge in [-0.3, -0.25) is 9.59 Å². The summed E-state index contributed by atoms with van der Waals surface area (Å²) in [5, 5.41) is 2.62. The van der Waals surface area contributed by atoms with Crippen molar-refractivity contribution in [1.29, 1.82) is 0 Å². The molecular formula is C24H31NO3. The SMILES string of the molecule is C=C1CC(=O)/C(=C\c2ccc(OCCCCC3CCCCC3)c(C)c2)C(=O)N1. The third-order valence-electron chi connectivity index (χ3n) is 5.71. The third-order valence-corrected chi connectivity index (χ3v) is 5.71. The minimum atomic E-state index is -0.378. The van der Waals surface area contributed by atoms with E-state index in [1.165, 1.54) is 44.9 Å². The van der Waals surface area contributed by atoms with E-state index in [1.807, 2.05) is 25.1 Å². The van der Waals surface area contributed by atoms with Gasteiger partial charge >= 0.3 is 0 Å². The Balaban J connectivity index is 1.49. The predicted molar refractivity (Wildman–Crippen MR) is 112 cm³/mol. The number of amides is 1. The Morgan fingerprint density at radius 2 is 1.96 bits per heavy atom. The van der Waals surface area contributed by atoms with Crippen LogP contribution in [0.25, 0.3) is 6.08 Å². The van der Waals surface area contributed by atoms with Crippen LogP contribution in [-0.2, 0) is 9.59 Å². The second-order valence-electron chi connectivity index (χ2n) is 8.09. The number of unbranched alkanes of at least 4 members (excludes halogenated alkanes) is 1. The van der Waals surface area contributed by atoms with Crippen LogP contribution in [-0.4, -0.2) is 18.3 Å². The quantitative estimate of drug-likeness (QED) is 0.406. The Bertz CT molecular complexity index is 750. The lowest BCUT2D eigenvalue weighted by atomic mass is 9.86. The lowest BCUT2D eigenvalue weighted by Gasteiger charge is -2.21. The molecule has 150 valence electrons. The Labute approximate surface area is 168 Å². The topological polar surface area (TPSA) is 55.4 Å². The van der Waals surface area contributed by atoms with Gasteiger partial charge in [-0.2, -0.15) is 0 Å². The van der Waals surface area contributed by atoms with E-state index < -0.39 is 0 Å². The molecule has 0 aromatic heterocycles. The molecule has 1 aromatic carbocycles. The van der Waals surface area contributed by atoms with Gasteiger partial charge in [-0.05, 0) is 55.0 Å². The van der Waals surface area contributed by atoms with Crippen molar-refractivity contribution < 1.29 is 14.3 Å². The number of hydrogen-bond donors (Lipinski definition) is 1. The highest BCUT2D eigenvalue weighted by molar-refractivity contribution is 6.25. The summed E-state index contributed by atoms with van der Waals surface area (Å²) in [6.45, 7) is 6.38. The molecule has 1 amide bonds. The second-order valence-corrected chi connectivity index (χ2v) is 8.09. The number of hydrogen-bond acceptors (Lipinski definition) is 3. The van der Waals surface area contributed by atoms with Crippen molar-refractivity contribution in [1.82, 2.24) is 5.32 Å². The smallest absolute Gasteiger partial charge is 0.259 e. The maximum atomic E-state index is 12.1. The van der Waals surface area contributed by atoms with E-state index in [0.29, 0.717) is 5.70 Å². The van der Waals surface area contributed by atoms with E-state index >= 15 is 0 Å². The first-order chi connectivity index (χ1) is 13.5. The molecule has 1 heterocycles. The number of nitrogens with one attached hydrogen (secondary N) is 1. The fourth-order valence-corrected chi connectivity index (χ4v) is 4.12. The van der Waals surface area contributed by atoms with Crippen LogP contribution in [0.15, 0.2) is 36.0 Å². The molecule has 0 unspecified atom stereocenters. The molecule has 1 aliphatic carbocycles. The van der Waals surface area contributed by atoms with E-state index in [9.17, 15) is 9.59 Å². The molecule has 3 rings (SSSR count). The summed E-state index contributed by atoms with van der Waals surface area (Å²) in [5.74, 6) is 1.23. The average molecular weight is 382 g/mol. The van der Waals surface area contributed by atoms with Gasteiger partial charge in [-0.1, -0.05) is 51.2 Å². The summed E-state index contributed by atoms with van der Waals surface area (Å²) < 4.78 is 5.95. The molecular weight excluding hydrogens is 350 g/mol. The maximum absolute atomic E-state index is 12.1. The van der Waals surface area contributed by atoms with Crippen LogP contribution >= 0.6 is 0 Å². The lowest BCUT2D eigenvalue weighted by molar-refractivity contribution is -0.123. The van der Waals surface area contributed by atoms with Crippen molar-refractivity contribution in [2.24, 2.45) is 5.92 Å². The molecule has 1 aromatic rings. The maximum Gasteiger partial charge on any atom is 0.259 e. The molecule has 1 saturated heterocycles. The number of ketones is 1. The van der Waals surface area contributed by atoms with Crippen molar-refractivity contribution in [3.8, 4) is 5.75 Å². The number of carbonyl (C=O) groups excluding carboxylic acids is 2. The van der Waals surface area contributed by atoms with Gasteiger partial charge in [0.05, 0.1) is 18.6 Å². The number of aryl methyl sites for hydroxylation is 1. The zero-order chi connectivity index (χ0) is 19.9. The van der Waals surface area contributed by atoms with Crippen LogP contribution in [0.4, 0.5) is 0 Å². The van der Waals surface area contributed by atoms with E-state index in [-0.39, 0.29) is 23.7 Å². The summed E-state index contributed by atoms with van der Waals surface area (Å²) in [5.41, 5.74) is 2.47. The zero-order valence-electron chi connectivity index (χ0n) is 16.9. The normalized spacial score (nSPS) is 19.8. The van der Waals surface area contributed by atoms with Gasteiger partial charge in [0.15, 0.2) is 5.78 Å². The van der Waals surface area contributed by atoms with Gasteiger partial charge in [0.25, 0.3) is 5.91 Å². The number of allylic oxidation sites excluding steroid dienone is 1. The fourth-order valence-electron chi connectivity index (χ4n) is 4.12. The van der Waals surface area contributed by atoms with Crippen LogP contribution in [0.1, 0.15) is 68.9 Å². The third kappa shape index (κ3) is 5.57. The van der Waals surface area contributed by atoms with Gasteiger partial charge in [0.1, 0.15) is 5.75 Å². The van der Waals surface area contributed by atoms with Crippen molar-refractivity contribution in [3.63, 3.8) is 0 Å². The molecule has 0 bridgehead atoms. The average Bonchev–Trinajstić information content (AvgIpc) is 2.66. The largest absolute Gasteiger partial charge is 0.493 e. The van der Waals surface area contributed by atoms with Gasteiger partial charge in [0, 0.05) is 5.70 Å². The van der Waals surface area contributed by atoms with Crippen molar-refractivity contribution in [2.45, 2.75) is 64.7 Å². The highest BCUT2D eigenvalue weighted by atomic mass is 16.5. The van der Waals surface area contributed by atoms with Gasteiger partial charge in [-0.25, -0.2) is 0 Å². The van der Waals surface area contributed by atoms with Crippen LogP contribution < -0.4 is 10.1 Å². The highest BCUT2D eigenvalue weighted by Crippen LogP contribution is 2.28. The number of piperidine rings is 1. The van der Waals surface area contributed by atoms with Crippen molar-refractivity contribution >= 4 is 17.8 Å². The number of carbonyl (C=O) groups is 2. The molecule has 0 radical (unpaired) electrons. The standard InChI is InChI=1S/C24H31NO3/c1-17-14-20(16-21-22(26)15-18(2)25-24(21)27)11-12-23(17)28-13-7-6-10-19-8-4-3-5-9-19/h11-12,14,16,19H,2-10,13,15H2,1H3,(H,25,27)/b21-16+. The summed E-state index contributed by atoms with van der Waals surface area (Å²) in [6.07, 6.45) is 12.5. The first-order valence-electron chi connectivity index (χ1n) is 10.5. The second kappa shape index (κ2) is 9.72. The van der Waals surface area contributed by atoms with Crippen LogP contribution in [0.5, 0.6) is 5.75 Å². The first kappa shape index (κ1) is 20.4. The zero-order valence-corrected chi connectivity index (χ0v) is 16.9. The van der Waals surface area contributed by atoms with E-state index in [2.05, 4.69) is 11.9 Å². The van der Waals surface area contributed by atoms with E-state index in [0.717, 1.165) is 35.8 Å². The molecule has 0 spiro atoms. The molecule has 1 saturated carbocycles. The number of rotatable bonds is 7. The number of benzene rings is 1. The number of Topliss-reactive ketones (excluding diaryl/α,β-unsaturated/α-hetero) is 1. The molecule has 0 atom stereocenters. The van der Waals surface area contributed by atoms with Crippen molar-refractivity contribution in [3.05, 3.63) is 47.2 Å². The monoisotopic (exact) mass is 381 g/mol. The van der Waals surface area contributed by atoms with E-state index in [4.69, 9.17) is 4.74 Å². The molecule has 4 heteroatoms. The summed E-state index contributed by atoms with van der Waals surface area (Å²) >= 11 is 0. The minimum Gasteiger partial charge on any atom is -0.493 e. The van der Waals surface area contributed by atoms with Crippen LogP contribution in [0.2, 0.25) is 0 Å². The van der Waals surface area contributed by atoms with Gasteiger partial charge in [-0.15, -0.1) is 0 Å². The molecule has 2 fully saturated rings. The highest BCUT2D eigenvalue weighted by Gasteiger charge is 2.25. The fraction of sp³-hybridized carbons (Fsp3) is 0.500. The van der Waals surface area contributed by atoms with Gasteiger partial charge in [0.2, 0.25) is 0 Å². The molecule has 4 nitrogen and oxygen atoms in total. The van der Waals surface area contributed by atoms with Crippen molar-refractivity contribution in [2.75, 3.05) is 6.61 Å². The summed E-state index contributed by atoms with van der Waals surface area (Å²) in [4.78, 5) is 24.1. The Hall–Kier alpha value is -2.36. The molecule has 2 aliphatic rings. The number of ether oxygens (including phenoxy) is 1. The molecule has 28 heavy (non-hydrogen) atoms. The van der Waals surface area contributed by atoms with Crippen LogP contribution in [0, 0.1) is 12.8 Å². The Kier molecular flexibility index (Phi) is 7.07. The molecule has 1 aliphatic heterocycles. The van der Waals surface area contributed by atoms with Crippen LogP contribution in [0.3, 0.4) is 0 Å². The van der Waals surface area contributed by atoms with E-state index in [1.54, 1.807) is 6.08 Å². The Morgan fingerprint density at radius 1 is 1.18 bits per heavy atom. The van der Waals surface area contributed by atoms with Gasteiger partial charge < -0.3 is 10.1 Å². The Morgan fingerprint density at radius 3 is 2.68 bits per heavy atom. The predicted octanol–water partition coefficient (Wildman–Crippen LogP) is 5.11. The first-order valence-corrected chi connectivity index (χ1v) is 10.5. The minimum absolute atomic E-state index is 0.165.